The van der Waals surface area contributed by atoms with Crippen molar-refractivity contribution in [2.24, 2.45) is 17.3 Å². The van der Waals surface area contributed by atoms with E-state index in [1.165, 1.54) is 11.1 Å². The normalized spacial score (nSPS) is 20.2. The van der Waals surface area contributed by atoms with Crippen LogP contribution in [-0.2, 0) is 23.9 Å². The summed E-state index contributed by atoms with van der Waals surface area (Å²) in [6.07, 6.45) is 3.30. The van der Waals surface area contributed by atoms with Gasteiger partial charge in [0, 0.05) is 37.4 Å². The molecule has 1 aromatic heterocycles. The number of ether oxygens (including phenoxy) is 2. The van der Waals surface area contributed by atoms with E-state index < -0.39 is 58.7 Å². The Hall–Kier alpha value is -3.01. The average Bonchev–Trinajstić information content (AvgIpc) is 3.61. The first kappa shape index (κ1) is 34.5. The largest absolute Gasteiger partial charge is 0.472 e. The standard InChI is InChI=1S/C32H46ClN3O7/c1-8-9-20(27(39)25(38)14-19-10-11-19)15-24(37)23-16-22(42-26-13-12-21(33)17-34-26)18-36(23)29(40)28(31(2,3)4)35-30(41)43-32(5,6)7/h12-13,17,19-20,22-23,28H,8-11,14-16,18H2,1-7H3,(H,35,41)/t20-,22-,23+,28-/m1/s1. The van der Waals surface area contributed by atoms with E-state index in [4.69, 9.17) is 21.1 Å². The van der Waals surface area contributed by atoms with Crippen LogP contribution in [0.2, 0.25) is 5.02 Å². The maximum atomic E-state index is 14.1. The van der Waals surface area contributed by atoms with E-state index >= 15 is 0 Å². The van der Waals surface area contributed by atoms with Crippen LogP contribution in [0.4, 0.5) is 4.79 Å². The van der Waals surface area contributed by atoms with Crippen LogP contribution in [0.25, 0.3) is 0 Å². The Balaban J connectivity index is 1.86. The number of carbonyl (C=O) groups is 5. The molecular weight excluding hydrogens is 574 g/mol. The van der Waals surface area contributed by atoms with Gasteiger partial charge in [0.25, 0.3) is 0 Å². The van der Waals surface area contributed by atoms with Crippen LogP contribution in [0.1, 0.15) is 93.4 Å². The number of amides is 2. The van der Waals surface area contributed by atoms with Crippen molar-refractivity contribution in [1.82, 2.24) is 15.2 Å². The van der Waals surface area contributed by atoms with Gasteiger partial charge in [0.1, 0.15) is 17.7 Å². The minimum atomic E-state index is -1.02. The number of hydrogen-bond acceptors (Lipinski definition) is 8. The van der Waals surface area contributed by atoms with Gasteiger partial charge in [-0.15, -0.1) is 0 Å². The summed E-state index contributed by atoms with van der Waals surface area (Å²) in [6, 6.07) is 1.30. The summed E-state index contributed by atoms with van der Waals surface area (Å²) in [6.45, 7) is 12.6. The summed E-state index contributed by atoms with van der Waals surface area (Å²) >= 11 is 5.96. The van der Waals surface area contributed by atoms with E-state index in [0.29, 0.717) is 23.7 Å². The van der Waals surface area contributed by atoms with Crippen molar-refractivity contribution in [3.63, 3.8) is 0 Å². The first-order valence-electron chi connectivity index (χ1n) is 15.2. The zero-order valence-corrected chi connectivity index (χ0v) is 27.2. The Labute approximate surface area is 259 Å². The maximum Gasteiger partial charge on any atom is 0.408 e. The van der Waals surface area contributed by atoms with Crippen LogP contribution >= 0.6 is 11.6 Å². The van der Waals surface area contributed by atoms with Crippen LogP contribution in [0.3, 0.4) is 0 Å². The maximum absolute atomic E-state index is 14.1. The molecular formula is C32H46ClN3O7. The number of alkyl carbamates (subject to hydrolysis) is 1. The molecule has 0 unspecified atom stereocenters. The second-order valence-corrected chi connectivity index (χ2v) is 14.3. The van der Waals surface area contributed by atoms with Crippen LogP contribution in [0, 0.1) is 17.3 Å². The number of carbonyl (C=O) groups excluding carboxylic acids is 5. The first-order chi connectivity index (χ1) is 20.0. The molecule has 10 nitrogen and oxygen atoms in total. The lowest BCUT2D eigenvalue weighted by molar-refractivity contribution is -0.143. The third-order valence-electron chi connectivity index (χ3n) is 7.58. The lowest BCUT2D eigenvalue weighted by Gasteiger charge is -2.35. The molecule has 0 radical (unpaired) electrons. The zero-order chi connectivity index (χ0) is 32.1. The Bertz CT molecular complexity index is 1180. The Kier molecular flexibility index (Phi) is 11.4. The number of ketones is 3. The molecule has 1 aromatic rings. The van der Waals surface area contributed by atoms with Crippen molar-refractivity contribution < 1.29 is 33.4 Å². The predicted octanol–water partition coefficient (Wildman–Crippen LogP) is 5.34. The SMILES string of the molecule is CCC[C@H](CC(=O)[C@@H]1C[C@@H](Oc2ccc(Cl)cn2)CN1C(=O)[C@@H](NC(=O)OC(C)(C)C)C(C)(C)C)C(=O)C(=O)CC1CC1. The number of aromatic nitrogens is 1. The topological polar surface area (TPSA) is 132 Å². The summed E-state index contributed by atoms with van der Waals surface area (Å²) in [5.74, 6) is -1.89. The van der Waals surface area contributed by atoms with Crippen molar-refractivity contribution in [2.75, 3.05) is 6.54 Å². The minimum Gasteiger partial charge on any atom is -0.472 e. The second kappa shape index (κ2) is 14.2. The fourth-order valence-electron chi connectivity index (χ4n) is 5.24. The highest BCUT2D eigenvalue weighted by molar-refractivity contribution is 6.38. The molecule has 1 saturated carbocycles. The molecule has 0 aromatic carbocycles. The monoisotopic (exact) mass is 619 g/mol. The van der Waals surface area contributed by atoms with Gasteiger partial charge in [0.2, 0.25) is 17.6 Å². The number of nitrogens with zero attached hydrogens (tertiary/aromatic N) is 2. The van der Waals surface area contributed by atoms with E-state index in [-0.39, 0.29) is 37.5 Å². The Morgan fingerprint density at radius 1 is 1.09 bits per heavy atom. The predicted molar refractivity (Wildman–Crippen MR) is 162 cm³/mol. The highest BCUT2D eigenvalue weighted by atomic mass is 35.5. The fraction of sp³-hybridized carbons (Fsp3) is 0.688. The molecule has 0 spiro atoms. The van der Waals surface area contributed by atoms with Gasteiger partial charge < -0.3 is 19.7 Å². The van der Waals surface area contributed by atoms with Gasteiger partial charge in [-0.05, 0) is 57.4 Å². The van der Waals surface area contributed by atoms with Crippen LogP contribution in [-0.4, -0.2) is 69.6 Å². The summed E-state index contributed by atoms with van der Waals surface area (Å²) in [5, 5.41) is 3.15. The van der Waals surface area contributed by atoms with E-state index in [2.05, 4.69) is 10.3 Å². The van der Waals surface area contributed by atoms with Crippen LogP contribution in [0.15, 0.2) is 18.3 Å². The third kappa shape index (κ3) is 10.3. The average molecular weight is 620 g/mol. The number of nitrogens with one attached hydrogen (secondary N) is 1. The van der Waals surface area contributed by atoms with Gasteiger partial charge in [0.15, 0.2) is 11.6 Å². The summed E-state index contributed by atoms with van der Waals surface area (Å²) in [4.78, 5) is 72.1. The molecule has 1 N–H and O–H groups in total. The summed E-state index contributed by atoms with van der Waals surface area (Å²) in [7, 11) is 0. The van der Waals surface area contributed by atoms with Crippen molar-refractivity contribution >= 4 is 41.0 Å². The van der Waals surface area contributed by atoms with Crippen LogP contribution in [0.5, 0.6) is 5.88 Å². The van der Waals surface area contributed by atoms with Crippen molar-refractivity contribution in [1.29, 1.82) is 0 Å². The van der Waals surface area contributed by atoms with E-state index in [1.807, 2.05) is 27.7 Å². The van der Waals surface area contributed by atoms with Gasteiger partial charge in [-0.2, -0.15) is 0 Å². The van der Waals surface area contributed by atoms with Gasteiger partial charge in [-0.3, -0.25) is 19.2 Å². The Morgan fingerprint density at radius 2 is 1.77 bits per heavy atom. The smallest absolute Gasteiger partial charge is 0.408 e. The molecule has 2 aliphatic rings. The summed E-state index contributed by atoms with van der Waals surface area (Å²) in [5.41, 5.74) is -1.50. The highest BCUT2D eigenvalue weighted by Crippen LogP contribution is 2.34. The van der Waals surface area contributed by atoms with Crippen molar-refractivity contribution in [2.45, 2.75) is 117 Å². The number of pyridine rings is 1. The number of halogens is 1. The quantitative estimate of drug-likeness (QED) is 0.293. The Morgan fingerprint density at radius 3 is 2.30 bits per heavy atom. The molecule has 1 saturated heterocycles. The molecule has 1 aliphatic carbocycles. The zero-order valence-electron chi connectivity index (χ0n) is 26.4. The van der Waals surface area contributed by atoms with Crippen LogP contribution < -0.4 is 10.1 Å². The lowest BCUT2D eigenvalue weighted by Crippen LogP contribution is -2.57. The molecule has 2 fully saturated rings. The molecule has 43 heavy (non-hydrogen) atoms. The number of rotatable bonds is 13. The van der Waals surface area contributed by atoms with Gasteiger partial charge in [-0.25, -0.2) is 9.78 Å². The number of Topliss-reactive ketones (excluding diaryl/α,β-unsaturated/α-hetero) is 3. The number of hydrogen-bond donors (Lipinski definition) is 1. The third-order valence-corrected chi connectivity index (χ3v) is 7.80. The van der Waals surface area contributed by atoms with Gasteiger partial charge >= 0.3 is 6.09 Å². The molecule has 4 atom stereocenters. The molecule has 3 rings (SSSR count). The van der Waals surface area contributed by atoms with Crippen molar-refractivity contribution in [3.8, 4) is 5.88 Å². The fourth-order valence-corrected chi connectivity index (χ4v) is 5.35. The molecule has 1 aliphatic heterocycles. The molecule has 11 heteroatoms. The highest BCUT2D eigenvalue weighted by Gasteiger charge is 2.46. The van der Waals surface area contributed by atoms with Gasteiger partial charge in [-0.1, -0.05) is 45.7 Å². The van der Waals surface area contributed by atoms with E-state index in [9.17, 15) is 24.0 Å². The molecule has 2 amide bonds. The number of likely N-dealkylation sites (tertiary alicyclic amines) is 1. The second-order valence-electron chi connectivity index (χ2n) is 13.8. The molecule has 2 heterocycles. The first-order valence-corrected chi connectivity index (χ1v) is 15.5. The van der Waals surface area contributed by atoms with Crippen molar-refractivity contribution in [3.05, 3.63) is 23.4 Å². The van der Waals surface area contributed by atoms with E-state index in [1.54, 1.807) is 32.9 Å². The molecule has 238 valence electrons. The summed E-state index contributed by atoms with van der Waals surface area (Å²) < 4.78 is 11.5. The lowest BCUT2D eigenvalue weighted by atomic mass is 9.85. The van der Waals surface area contributed by atoms with E-state index in [0.717, 1.165) is 12.8 Å². The van der Waals surface area contributed by atoms with Gasteiger partial charge in [0.05, 0.1) is 17.6 Å². The minimum absolute atomic E-state index is 0.0646. The molecule has 0 bridgehead atoms.